The summed E-state index contributed by atoms with van der Waals surface area (Å²) in [5, 5.41) is 0.558. The van der Waals surface area contributed by atoms with Gasteiger partial charge in [-0.2, -0.15) is 0 Å². The van der Waals surface area contributed by atoms with Crippen LogP contribution in [0.4, 0.5) is 0 Å². The SMILES string of the molecule is CCOC(=O)C1=C(C)N=c2sc(=Cc3ccc(OC)c(OC)c3)c(=O)n2C1c1ccc(Cl)cc1. The zero-order valence-corrected chi connectivity index (χ0v) is 20.7. The fourth-order valence-electron chi connectivity index (χ4n) is 3.85. The van der Waals surface area contributed by atoms with Crippen molar-refractivity contribution in [3.63, 3.8) is 0 Å². The van der Waals surface area contributed by atoms with Crippen LogP contribution in [0.1, 0.15) is 31.0 Å². The Morgan fingerprint density at radius 3 is 2.50 bits per heavy atom. The number of fused-ring (bicyclic) bond motifs is 1. The molecular formula is C25H23ClN2O5S. The number of ether oxygens (including phenoxy) is 3. The van der Waals surface area contributed by atoms with Gasteiger partial charge in [-0.05, 0) is 55.3 Å². The lowest BCUT2D eigenvalue weighted by Gasteiger charge is -2.24. The molecule has 1 aliphatic heterocycles. The number of carbonyl (C=O) groups excluding carboxylic acids is 1. The minimum atomic E-state index is -0.680. The molecule has 0 fully saturated rings. The number of rotatable bonds is 6. The van der Waals surface area contributed by atoms with Crippen molar-refractivity contribution >= 4 is 35.0 Å². The summed E-state index contributed by atoms with van der Waals surface area (Å²) in [5.41, 5.74) is 2.09. The van der Waals surface area contributed by atoms with Crippen molar-refractivity contribution in [2.75, 3.05) is 20.8 Å². The molecule has 0 N–H and O–H groups in total. The fraction of sp³-hybridized carbons (Fsp3) is 0.240. The monoisotopic (exact) mass is 498 g/mol. The number of halogens is 1. The van der Waals surface area contributed by atoms with E-state index in [0.717, 1.165) is 11.1 Å². The Kier molecular flexibility index (Phi) is 6.90. The van der Waals surface area contributed by atoms with E-state index in [9.17, 15) is 9.59 Å². The summed E-state index contributed by atoms with van der Waals surface area (Å²) < 4.78 is 18.0. The molecule has 0 amide bonds. The Labute approximate surface area is 205 Å². The van der Waals surface area contributed by atoms with Crippen LogP contribution >= 0.6 is 22.9 Å². The van der Waals surface area contributed by atoms with E-state index >= 15 is 0 Å². The van der Waals surface area contributed by atoms with Crippen molar-refractivity contribution in [1.82, 2.24) is 4.57 Å². The lowest BCUT2D eigenvalue weighted by atomic mass is 9.96. The number of esters is 1. The van der Waals surface area contributed by atoms with E-state index in [1.807, 2.05) is 6.07 Å². The molecule has 3 aromatic rings. The second-order valence-corrected chi connectivity index (χ2v) is 8.91. The highest BCUT2D eigenvalue weighted by Gasteiger charge is 2.33. The molecule has 2 aromatic carbocycles. The molecule has 4 rings (SSSR count). The minimum absolute atomic E-state index is 0.215. The van der Waals surface area contributed by atoms with Crippen LogP contribution in [0.25, 0.3) is 6.08 Å². The Hall–Kier alpha value is -3.36. The van der Waals surface area contributed by atoms with Crippen molar-refractivity contribution in [3.8, 4) is 11.5 Å². The lowest BCUT2D eigenvalue weighted by molar-refractivity contribution is -0.139. The average Bonchev–Trinajstić information content (AvgIpc) is 3.13. The third kappa shape index (κ3) is 4.38. The van der Waals surface area contributed by atoms with Crippen LogP contribution in [0.2, 0.25) is 5.02 Å². The molecule has 0 saturated carbocycles. The summed E-state index contributed by atoms with van der Waals surface area (Å²) >= 11 is 7.34. The number of benzene rings is 2. The van der Waals surface area contributed by atoms with Crippen LogP contribution in [0.15, 0.2) is 63.5 Å². The van der Waals surface area contributed by atoms with Gasteiger partial charge in [0.05, 0.1) is 42.7 Å². The highest BCUT2D eigenvalue weighted by molar-refractivity contribution is 7.07. The normalized spacial score (nSPS) is 15.6. The summed E-state index contributed by atoms with van der Waals surface area (Å²) in [6.45, 7) is 3.71. The first kappa shape index (κ1) is 23.8. The van der Waals surface area contributed by atoms with Gasteiger partial charge in [0.2, 0.25) is 0 Å². The second kappa shape index (κ2) is 9.87. The van der Waals surface area contributed by atoms with Crippen LogP contribution in [-0.2, 0) is 9.53 Å². The number of thiazole rings is 1. The Morgan fingerprint density at radius 1 is 1.15 bits per heavy atom. The smallest absolute Gasteiger partial charge is 0.338 e. The molecule has 176 valence electrons. The van der Waals surface area contributed by atoms with Gasteiger partial charge >= 0.3 is 5.97 Å². The number of aromatic nitrogens is 1. The van der Waals surface area contributed by atoms with Gasteiger partial charge < -0.3 is 14.2 Å². The molecular weight excluding hydrogens is 476 g/mol. The highest BCUT2D eigenvalue weighted by Crippen LogP contribution is 2.31. The van der Waals surface area contributed by atoms with Gasteiger partial charge in [-0.1, -0.05) is 41.1 Å². The molecule has 34 heavy (non-hydrogen) atoms. The van der Waals surface area contributed by atoms with Gasteiger partial charge in [0.15, 0.2) is 16.3 Å². The lowest BCUT2D eigenvalue weighted by Crippen LogP contribution is -2.39. The van der Waals surface area contributed by atoms with Gasteiger partial charge in [-0.25, -0.2) is 9.79 Å². The number of hydrogen-bond donors (Lipinski definition) is 0. The fourth-order valence-corrected chi connectivity index (χ4v) is 5.02. The molecule has 0 aliphatic carbocycles. The van der Waals surface area contributed by atoms with Gasteiger partial charge in [-0.3, -0.25) is 9.36 Å². The summed E-state index contributed by atoms with van der Waals surface area (Å²) in [5.74, 6) is 0.653. The van der Waals surface area contributed by atoms with E-state index in [-0.39, 0.29) is 12.2 Å². The van der Waals surface area contributed by atoms with Gasteiger partial charge in [0, 0.05) is 5.02 Å². The Balaban J connectivity index is 1.92. The number of nitrogens with zero attached hydrogens (tertiary/aromatic N) is 2. The molecule has 0 saturated heterocycles. The molecule has 0 bridgehead atoms. The zero-order valence-electron chi connectivity index (χ0n) is 19.1. The molecule has 7 nitrogen and oxygen atoms in total. The summed E-state index contributed by atoms with van der Waals surface area (Å²) in [6, 6.07) is 11.8. The molecule has 1 atom stereocenters. The van der Waals surface area contributed by atoms with Crippen LogP contribution in [0.3, 0.4) is 0 Å². The van der Waals surface area contributed by atoms with E-state index in [4.69, 9.17) is 25.8 Å². The molecule has 2 heterocycles. The van der Waals surface area contributed by atoms with Crippen molar-refractivity contribution in [2.24, 2.45) is 4.99 Å². The number of carbonyl (C=O) groups is 1. The maximum Gasteiger partial charge on any atom is 0.338 e. The predicted molar refractivity (Wildman–Crippen MR) is 131 cm³/mol. The van der Waals surface area contributed by atoms with E-state index in [1.165, 1.54) is 11.3 Å². The molecule has 1 aliphatic rings. The Bertz CT molecular complexity index is 1450. The minimum Gasteiger partial charge on any atom is -0.493 e. The van der Waals surface area contributed by atoms with E-state index in [1.54, 1.807) is 75.1 Å². The highest BCUT2D eigenvalue weighted by atomic mass is 35.5. The molecule has 0 radical (unpaired) electrons. The van der Waals surface area contributed by atoms with Crippen LogP contribution in [0.5, 0.6) is 11.5 Å². The van der Waals surface area contributed by atoms with Crippen LogP contribution in [0, 0.1) is 0 Å². The van der Waals surface area contributed by atoms with Crippen molar-refractivity contribution in [3.05, 3.63) is 89.6 Å². The first-order valence-electron chi connectivity index (χ1n) is 10.5. The van der Waals surface area contributed by atoms with Crippen LogP contribution in [-0.4, -0.2) is 31.4 Å². The maximum absolute atomic E-state index is 13.6. The van der Waals surface area contributed by atoms with Crippen LogP contribution < -0.4 is 24.4 Å². The van der Waals surface area contributed by atoms with Crippen molar-refractivity contribution in [2.45, 2.75) is 19.9 Å². The van der Waals surface area contributed by atoms with E-state index in [2.05, 4.69) is 4.99 Å². The third-order valence-electron chi connectivity index (χ3n) is 5.41. The number of methoxy groups -OCH3 is 2. The third-order valence-corrected chi connectivity index (χ3v) is 6.64. The molecule has 0 spiro atoms. The number of hydrogen-bond acceptors (Lipinski definition) is 7. The first-order chi connectivity index (χ1) is 16.4. The molecule has 1 unspecified atom stereocenters. The topological polar surface area (TPSA) is 79.1 Å². The van der Waals surface area contributed by atoms with Crippen molar-refractivity contribution in [1.29, 1.82) is 0 Å². The molecule has 1 aromatic heterocycles. The van der Waals surface area contributed by atoms with Gasteiger partial charge in [-0.15, -0.1) is 0 Å². The first-order valence-corrected chi connectivity index (χ1v) is 11.7. The standard InChI is InChI=1S/C25H23ClN2O5S/c1-5-33-24(30)21-14(2)27-25-28(22(21)16-7-9-17(26)10-8-16)23(29)20(34-25)13-15-6-11-18(31-3)19(12-15)32-4/h6-13,22H,5H2,1-4H3. The van der Waals surface area contributed by atoms with Gasteiger partial charge in [0.1, 0.15) is 0 Å². The molecule has 9 heteroatoms. The van der Waals surface area contributed by atoms with Crippen molar-refractivity contribution < 1.29 is 19.0 Å². The summed E-state index contributed by atoms with van der Waals surface area (Å²) in [6.07, 6.45) is 1.77. The van der Waals surface area contributed by atoms with E-state index in [0.29, 0.717) is 37.1 Å². The largest absolute Gasteiger partial charge is 0.493 e. The summed E-state index contributed by atoms with van der Waals surface area (Å²) in [4.78, 5) is 31.6. The Morgan fingerprint density at radius 2 is 1.85 bits per heavy atom. The number of allylic oxidation sites excluding steroid dienone is 1. The zero-order chi connectivity index (χ0) is 24.4. The summed E-state index contributed by atoms with van der Waals surface area (Å²) in [7, 11) is 3.12. The maximum atomic E-state index is 13.6. The average molecular weight is 499 g/mol. The van der Waals surface area contributed by atoms with Gasteiger partial charge in [0.25, 0.3) is 5.56 Å². The van der Waals surface area contributed by atoms with E-state index < -0.39 is 12.0 Å². The quantitative estimate of drug-likeness (QED) is 0.486. The second-order valence-electron chi connectivity index (χ2n) is 7.47. The predicted octanol–water partition coefficient (Wildman–Crippen LogP) is 3.47.